The number of amides is 3. The van der Waals surface area contributed by atoms with E-state index in [4.69, 9.17) is 20.0 Å². The Morgan fingerprint density at radius 3 is 2.17 bits per heavy atom. The number of carboxylic acids is 1. The van der Waals surface area contributed by atoms with E-state index >= 15 is 0 Å². The first-order valence-corrected chi connectivity index (χ1v) is 10.7. The third-order valence-corrected chi connectivity index (χ3v) is 4.23. The highest BCUT2D eigenvalue weighted by Gasteiger charge is 2.27. The van der Waals surface area contributed by atoms with E-state index in [0.29, 0.717) is 5.56 Å². The fourth-order valence-electron chi connectivity index (χ4n) is 2.71. The van der Waals surface area contributed by atoms with E-state index in [2.05, 4.69) is 15.6 Å². The summed E-state index contributed by atoms with van der Waals surface area (Å²) in [5, 5.41) is 23.2. The van der Waals surface area contributed by atoms with Crippen LogP contribution in [0.3, 0.4) is 0 Å². The lowest BCUT2D eigenvalue weighted by molar-refractivity contribution is -0.151. The molecule has 0 aliphatic heterocycles. The second-order valence-corrected chi connectivity index (χ2v) is 8.46. The Labute approximate surface area is 206 Å². The summed E-state index contributed by atoms with van der Waals surface area (Å²) in [6, 6.07) is 9.67. The molecule has 2 aromatic rings. The van der Waals surface area contributed by atoms with Crippen LogP contribution in [0.2, 0.25) is 0 Å². The van der Waals surface area contributed by atoms with Crippen molar-refractivity contribution in [2.45, 2.75) is 45.4 Å². The molecular weight excluding hydrogens is 474 g/mol. The lowest BCUT2D eigenvalue weighted by Gasteiger charge is -2.19. The van der Waals surface area contributed by atoms with E-state index in [1.165, 1.54) is 12.1 Å². The van der Waals surface area contributed by atoms with Crippen molar-refractivity contribution >= 4 is 35.8 Å². The van der Waals surface area contributed by atoms with Gasteiger partial charge >= 0.3 is 18.0 Å². The van der Waals surface area contributed by atoms with E-state index in [-0.39, 0.29) is 18.0 Å². The van der Waals surface area contributed by atoms with Gasteiger partial charge in [-0.05, 0) is 38.5 Å². The first kappa shape index (κ1) is 27.6. The molecule has 6 N–H and O–H groups in total. The molecule has 1 heterocycles. The number of carboxylic acid groups (broad SMARTS) is 1. The maximum atomic E-state index is 12.6. The molecule has 0 radical (unpaired) electrons. The van der Waals surface area contributed by atoms with Gasteiger partial charge < -0.3 is 24.9 Å². The summed E-state index contributed by atoms with van der Waals surface area (Å²) in [6.45, 7) is 4.78. The molecule has 1 aromatic heterocycles. The standard InChI is InChI=1S/C23H27N5O8/c1-23(2,3)36-22(34)28-21(24)27-19(32)15-10-9-14(25-15)18(31)26-16(11-17(29)30)20(33)35-12-13-7-5-4-6-8-13/h4-10,16,25H,11-12H2,1-3H3,(H,26,31)(H,29,30)(H3,24,27,28,32,34)/t16-/m1/s1. The van der Waals surface area contributed by atoms with Crippen LogP contribution in [0.4, 0.5) is 4.79 Å². The van der Waals surface area contributed by atoms with Crippen molar-refractivity contribution in [3.05, 3.63) is 59.4 Å². The van der Waals surface area contributed by atoms with Crippen LogP contribution in [0.1, 0.15) is 53.7 Å². The molecule has 0 saturated carbocycles. The number of aromatic amines is 1. The van der Waals surface area contributed by atoms with Crippen molar-refractivity contribution in [3.63, 3.8) is 0 Å². The highest BCUT2D eigenvalue weighted by atomic mass is 16.6. The zero-order valence-electron chi connectivity index (χ0n) is 19.8. The third-order valence-electron chi connectivity index (χ3n) is 4.23. The van der Waals surface area contributed by atoms with Crippen LogP contribution in [0.25, 0.3) is 0 Å². The molecular formula is C23H27N5O8. The monoisotopic (exact) mass is 501 g/mol. The molecule has 13 nitrogen and oxygen atoms in total. The summed E-state index contributed by atoms with van der Waals surface area (Å²) in [5.41, 5.74) is -0.420. The van der Waals surface area contributed by atoms with Crippen LogP contribution in [0.5, 0.6) is 0 Å². The van der Waals surface area contributed by atoms with Gasteiger partial charge in [0.15, 0.2) is 0 Å². The number of rotatable bonds is 8. The minimum Gasteiger partial charge on any atom is -0.481 e. The SMILES string of the molecule is CC(C)(C)OC(=O)NC(=N)NC(=O)c1ccc(C(=O)N[C@H](CC(=O)O)C(=O)OCc2ccccc2)[nH]1. The Hall–Kier alpha value is -4.68. The number of nitrogens with one attached hydrogen (secondary N) is 5. The van der Waals surface area contributed by atoms with E-state index in [9.17, 15) is 24.0 Å². The zero-order chi connectivity index (χ0) is 26.9. The molecule has 0 saturated heterocycles. The Kier molecular flexibility index (Phi) is 9.30. The summed E-state index contributed by atoms with van der Waals surface area (Å²) < 4.78 is 10.1. The van der Waals surface area contributed by atoms with Gasteiger partial charge in [-0.15, -0.1) is 0 Å². The van der Waals surface area contributed by atoms with Crippen molar-refractivity contribution in [1.82, 2.24) is 20.9 Å². The molecule has 0 spiro atoms. The van der Waals surface area contributed by atoms with Crippen molar-refractivity contribution in [2.75, 3.05) is 0 Å². The fraction of sp³-hybridized carbons (Fsp3) is 0.304. The van der Waals surface area contributed by atoms with Crippen molar-refractivity contribution in [3.8, 4) is 0 Å². The minimum atomic E-state index is -1.48. The van der Waals surface area contributed by atoms with Gasteiger partial charge in [0.05, 0.1) is 6.42 Å². The fourth-order valence-corrected chi connectivity index (χ4v) is 2.71. The number of esters is 1. The molecule has 0 aliphatic carbocycles. The van der Waals surface area contributed by atoms with Crippen LogP contribution in [0, 0.1) is 5.41 Å². The normalized spacial score (nSPS) is 11.5. The van der Waals surface area contributed by atoms with Gasteiger partial charge in [-0.2, -0.15) is 0 Å². The third kappa shape index (κ3) is 9.29. The van der Waals surface area contributed by atoms with Gasteiger partial charge in [0.25, 0.3) is 11.8 Å². The maximum absolute atomic E-state index is 12.6. The number of hydrogen-bond donors (Lipinski definition) is 6. The summed E-state index contributed by atoms with van der Waals surface area (Å²) in [7, 11) is 0. The Balaban J connectivity index is 1.97. The van der Waals surface area contributed by atoms with Gasteiger partial charge in [-0.1, -0.05) is 30.3 Å². The number of aromatic nitrogens is 1. The number of alkyl carbamates (subject to hydrolysis) is 1. The molecule has 0 fully saturated rings. The van der Waals surface area contributed by atoms with Crippen LogP contribution in [-0.2, 0) is 25.7 Å². The molecule has 2 rings (SSSR count). The van der Waals surface area contributed by atoms with Crippen molar-refractivity contribution < 1.29 is 38.6 Å². The topological polar surface area (TPSA) is 200 Å². The molecule has 1 atom stereocenters. The number of ether oxygens (including phenoxy) is 2. The highest BCUT2D eigenvalue weighted by molar-refractivity contribution is 6.08. The first-order valence-electron chi connectivity index (χ1n) is 10.7. The lowest BCUT2D eigenvalue weighted by atomic mass is 10.2. The molecule has 13 heteroatoms. The second-order valence-electron chi connectivity index (χ2n) is 8.46. The maximum Gasteiger partial charge on any atom is 0.414 e. The Morgan fingerprint density at radius 2 is 1.58 bits per heavy atom. The number of H-pyrrole nitrogens is 1. The summed E-state index contributed by atoms with van der Waals surface area (Å²) in [5.74, 6) is -4.64. The predicted molar refractivity (Wildman–Crippen MR) is 125 cm³/mol. The minimum absolute atomic E-state index is 0.109. The molecule has 192 valence electrons. The molecule has 1 aromatic carbocycles. The van der Waals surface area contributed by atoms with Gasteiger partial charge in [0.1, 0.15) is 29.6 Å². The van der Waals surface area contributed by atoms with E-state index in [1.807, 2.05) is 5.32 Å². The number of carbonyl (C=O) groups is 5. The molecule has 0 aliphatic rings. The van der Waals surface area contributed by atoms with Gasteiger partial charge in [-0.25, -0.2) is 9.59 Å². The number of guanidine groups is 1. The first-order chi connectivity index (χ1) is 16.8. The number of carbonyl (C=O) groups excluding carboxylic acids is 4. The summed E-state index contributed by atoms with van der Waals surface area (Å²) in [4.78, 5) is 62.6. The Bertz CT molecular complexity index is 1140. The Morgan fingerprint density at radius 1 is 0.972 bits per heavy atom. The average Bonchev–Trinajstić information content (AvgIpc) is 3.26. The molecule has 0 unspecified atom stereocenters. The summed E-state index contributed by atoms with van der Waals surface area (Å²) >= 11 is 0. The molecule has 36 heavy (non-hydrogen) atoms. The van der Waals surface area contributed by atoms with E-state index in [1.54, 1.807) is 51.1 Å². The van der Waals surface area contributed by atoms with Gasteiger partial charge in [0.2, 0.25) is 5.96 Å². The van der Waals surface area contributed by atoms with Crippen LogP contribution in [0.15, 0.2) is 42.5 Å². The number of aliphatic carboxylic acids is 1. The predicted octanol–water partition coefficient (Wildman–Crippen LogP) is 1.52. The van der Waals surface area contributed by atoms with Gasteiger partial charge in [-0.3, -0.25) is 30.4 Å². The van der Waals surface area contributed by atoms with Crippen molar-refractivity contribution in [1.29, 1.82) is 5.41 Å². The second kappa shape index (κ2) is 12.1. The van der Waals surface area contributed by atoms with Crippen LogP contribution >= 0.6 is 0 Å². The quantitative estimate of drug-likeness (QED) is 0.177. The lowest BCUT2D eigenvalue weighted by Crippen LogP contribution is -2.45. The number of benzene rings is 1. The van der Waals surface area contributed by atoms with Crippen LogP contribution < -0.4 is 16.0 Å². The van der Waals surface area contributed by atoms with E-state index in [0.717, 1.165) is 0 Å². The molecule has 3 amide bonds. The van der Waals surface area contributed by atoms with Crippen molar-refractivity contribution in [2.24, 2.45) is 0 Å². The van der Waals surface area contributed by atoms with Gasteiger partial charge in [0, 0.05) is 0 Å². The summed E-state index contributed by atoms with van der Waals surface area (Å²) in [6.07, 6.45) is -1.66. The largest absolute Gasteiger partial charge is 0.481 e. The average molecular weight is 501 g/mol. The van der Waals surface area contributed by atoms with Crippen LogP contribution in [-0.4, -0.2) is 57.5 Å². The van der Waals surface area contributed by atoms with E-state index < -0.39 is 53.9 Å². The smallest absolute Gasteiger partial charge is 0.414 e. The molecule has 0 bridgehead atoms. The number of hydrogen-bond acceptors (Lipinski definition) is 8. The highest BCUT2D eigenvalue weighted by Crippen LogP contribution is 2.08. The zero-order valence-corrected chi connectivity index (χ0v) is 19.8.